The molecule has 3 heterocycles. The highest BCUT2D eigenvalue weighted by Gasteiger charge is 2.37. The molecule has 3 aromatic rings. The maximum Gasteiger partial charge on any atom is 0.282 e. The predicted octanol–water partition coefficient (Wildman–Crippen LogP) is 2.90. The number of hydrogen-bond acceptors (Lipinski definition) is 5. The van der Waals surface area contributed by atoms with Crippen molar-refractivity contribution in [3.63, 3.8) is 0 Å². The van der Waals surface area contributed by atoms with Crippen LogP contribution < -0.4 is 10.9 Å². The third kappa shape index (κ3) is 3.55. The number of benzene rings is 1. The molecule has 1 aliphatic heterocycles. The van der Waals surface area contributed by atoms with Crippen LogP contribution in [0, 0.1) is 12.7 Å². The zero-order chi connectivity index (χ0) is 23.4. The third-order valence-corrected chi connectivity index (χ3v) is 5.47. The summed E-state index contributed by atoms with van der Waals surface area (Å²) >= 11 is 0. The molecule has 2 N–H and O–H groups in total. The molecular weight excluding hydrogens is 425 g/mol. The van der Waals surface area contributed by atoms with Crippen molar-refractivity contribution in [2.75, 3.05) is 26.0 Å². The number of aromatic nitrogens is 2. The van der Waals surface area contributed by atoms with E-state index in [2.05, 4.69) is 10.3 Å². The van der Waals surface area contributed by atoms with E-state index in [0.29, 0.717) is 11.1 Å². The van der Waals surface area contributed by atoms with Gasteiger partial charge in [0.25, 0.3) is 17.4 Å². The van der Waals surface area contributed by atoms with Gasteiger partial charge in [-0.2, -0.15) is 0 Å². The van der Waals surface area contributed by atoms with Crippen molar-refractivity contribution in [1.29, 1.82) is 0 Å². The fraction of sp³-hybridized carbons (Fsp3) is 0.318. The Balaban J connectivity index is 1.99. The summed E-state index contributed by atoms with van der Waals surface area (Å²) in [6.45, 7) is -0.109. The van der Waals surface area contributed by atoms with Gasteiger partial charge in [0.15, 0.2) is 5.75 Å². The van der Waals surface area contributed by atoms with E-state index in [1.165, 1.54) is 26.4 Å². The number of aromatic hydroxyl groups is 1. The topological polar surface area (TPSA) is 87.5 Å². The van der Waals surface area contributed by atoms with Crippen LogP contribution in [0.3, 0.4) is 0 Å². The molecule has 0 spiro atoms. The van der Waals surface area contributed by atoms with Crippen molar-refractivity contribution in [2.45, 2.75) is 25.8 Å². The first-order chi connectivity index (χ1) is 15.0. The van der Waals surface area contributed by atoms with Crippen molar-refractivity contribution in [1.82, 2.24) is 14.5 Å². The molecule has 1 amide bonds. The average molecular weight is 446 g/mol. The zero-order valence-electron chi connectivity index (χ0n) is 17.7. The number of nitrogens with one attached hydrogen (secondary N) is 1. The molecule has 32 heavy (non-hydrogen) atoms. The molecule has 1 aromatic carbocycles. The van der Waals surface area contributed by atoms with Gasteiger partial charge in [0.1, 0.15) is 16.9 Å². The molecule has 0 unspecified atom stereocenters. The SMILES string of the molecule is Cc1cc(Cc2cnc3c(O)c(C(=O)N(C)C)c(=O)n4c3c2NCC(F)(F)C4)ccc1F. The number of rotatable bonds is 3. The van der Waals surface area contributed by atoms with E-state index in [1.807, 2.05) is 0 Å². The largest absolute Gasteiger partial charge is 0.505 e. The Hall–Kier alpha value is -3.56. The van der Waals surface area contributed by atoms with Crippen molar-refractivity contribution in [3.8, 4) is 5.75 Å². The Morgan fingerprint density at radius 1 is 1.34 bits per heavy atom. The van der Waals surface area contributed by atoms with Crippen LogP contribution in [0.4, 0.5) is 18.9 Å². The molecule has 0 fully saturated rings. The van der Waals surface area contributed by atoms with E-state index < -0.39 is 41.8 Å². The lowest BCUT2D eigenvalue weighted by molar-refractivity contribution is -0.000958. The van der Waals surface area contributed by atoms with Crippen molar-refractivity contribution >= 4 is 22.6 Å². The fourth-order valence-electron chi connectivity index (χ4n) is 3.87. The van der Waals surface area contributed by atoms with Crippen LogP contribution in [0.2, 0.25) is 0 Å². The molecule has 0 bridgehead atoms. The third-order valence-electron chi connectivity index (χ3n) is 5.47. The van der Waals surface area contributed by atoms with Gasteiger partial charge in [-0.05, 0) is 24.1 Å². The minimum atomic E-state index is -3.30. The molecular formula is C22H21F3N4O3. The van der Waals surface area contributed by atoms with Crippen molar-refractivity contribution in [3.05, 3.63) is 62.8 Å². The minimum Gasteiger partial charge on any atom is -0.505 e. The number of carbonyl (C=O) groups excluding carboxylic acids is 1. The zero-order valence-corrected chi connectivity index (χ0v) is 17.7. The fourth-order valence-corrected chi connectivity index (χ4v) is 3.87. The maximum absolute atomic E-state index is 14.5. The van der Waals surface area contributed by atoms with Gasteiger partial charge in [-0.25, -0.2) is 13.2 Å². The van der Waals surface area contributed by atoms with E-state index >= 15 is 0 Å². The van der Waals surface area contributed by atoms with Gasteiger partial charge in [0.2, 0.25) is 0 Å². The number of amides is 1. The van der Waals surface area contributed by atoms with Crippen LogP contribution in [-0.2, 0) is 13.0 Å². The molecule has 2 aromatic heterocycles. The number of aryl methyl sites for hydroxylation is 1. The predicted molar refractivity (Wildman–Crippen MR) is 113 cm³/mol. The number of nitrogens with zero attached hydrogens (tertiary/aromatic N) is 3. The summed E-state index contributed by atoms with van der Waals surface area (Å²) in [5, 5.41) is 13.4. The molecule has 1 aliphatic rings. The minimum absolute atomic E-state index is 0.00341. The monoisotopic (exact) mass is 446 g/mol. The number of hydrogen-bond donors (Lipinski definition) is 2. The highest BCUT2D eigenvalue weighted by molar-refractivity contribution is 6.03. The first kappa shape index (κ1) is 21.7. The summed E-state index contributed by atoms with van der Waals surface area (Å²) in [5.41, 5.74) is 0.0892. The van der Waals surface area contributed by atoms with Gasteiger partial charge >= 0.3 is 0 Å². The first-order valence-electron chi connectivity index (χ1n) is 9.86. The highest BCUT2D eigenvalue weighted by Crippen LogP contribution is 2.36. The molecule has 0 aliphatic carbocycles. The summed E-state index contributed by atoms with van der Waals surface area (Å²) in [6, 6.07) is 4.54. The second kappa shape index (κ2) is 7.54. The van der Waals surface area contributed by atoms with Gasteiger partial charge in [-0.1, -0.05) is 12.1 Å². The van der Waals surface area contributed by atoms with Crippen LogP contribution >= 0.6 is 0 Å². The lowest BCUT2D eigenvalue weighted by atomic mass is 10.0. The summed E-state index contributed by atoms with van der Waals surface area (Å²) in [6.07, 6.45) is 1.62. The molecule has 0 saturated heterocycles. The Labute approximate surface area is 181 Å². The Morgan fingerprint density at radius 3 is 2.72 bits per heavy atom. The van der Waals surface area contributed by atoms with E-state index in [1.54, 1.807) is 19.1 Å². The lowest BCUT2D eigenvalue weighted by Crippen LogP contribution is -2.37. The molecule has 7 nitrogen and oxygen atoms in total. The van der Waals surface area contributed by atoms with Gasteiger partial charge in [0.05, 0.1) is 24.3 Å². The highest BCUT2D eigenvalue weighted by atomic mass is 19.3. The smallest absolute Gasteiger partial charge is 0.282 e. The normalized spacial score (nSPS) is 14.7. The summed E-state index contributed by atoms with van der Waals surface area (Å²) in [5.74, 6) is -5.13. The van der Waals surface area contributed by atoms with Gasteiger partial charge in [0, 0.05) is 32.3 Å². The van der Waals surface area contributed by atoms with Gasteiger partial charge in [-0.15, -0.1) is 0 Å². The number of pyridine rings is 2. The van der Waals surface area contributed by atoms with Crippen LogP contribution in [-0.4, -0.2) is 52.0 Å². The summed E-state index contributed by atoms with van der Waals surface area (Å²) in [4.78, 5) is 30.9. The van der Waals surface area contributed by atoms with E-state index in [9.17, 15) is 27.9 Å². The number of anilines is 1. The van der Waals surface area contributed by atoms with Crippen molar-refractivity contribution in [2.24, 2.45) is 0 Å². The van der Waals surface area contributed by atoms with Gasteiger partial charge < -0.3 is 15.3 Å². The second-order valence-electron chi connectivity index (χ2n) is 8.14. The quantitative estimate of drug-likeness (QED) is 0.646. The summed E-state index contributed by atoms with van der Waals surface area (Å²) < 4.78 is 43.5. The molecule has 0 atom stereocenters. The van der Waals surface area contributed by atoms with E-state index in [0.717, 1.165) is 15.0 Å². The summed E-state index contributed by atoms with van der Waals surface area (Å²) in [7, 11) is 2.77. The van der Waals surface area contributed by atoms with Crippen LogP contribution in [0.15, 0.2) is 29.2 Å². The molecule has 0 radical (unpaired) electrons. The Morgan fingerprint density at radius 2 is 2.06 bits per heavy atom. The average Bonchev–Trinajstić information content (AvgIpc) is 2.86. The number of halogens is 3. The van der Waals surface area contributed by atoms with E-state index in [4.69, 9.17) is 0 Å². The number of carbonyl (C=O) groups is 1. The van der Waals surface area contributed by atoms with Crippen molar-refractivity contribution < 1.29 is 23.1 Å². The standard InChI is InChI=1S/C22H21F3N4O3/c1-11-6-12(4-5-14(11)23)7-13-8-26-17-18-16(13)27-9-22(24,25)10-29(18)21(32)15(19(17)30)20(31)28(2)3/h4-6,8,27,30H,7,9-10H2,1-3H3. The Bertz CT molecular complexity index is 1320. The van der Waals surface area contributed by atoms with Crippen LogP contribution in [0.1, 0.15) is 27.0 Å². The van der Waals surface area contributed by atoms with Crippen LogP contribution in [0.5, 0.6) is 5.75 Å². The number of alkyl halides is 2. The van der Waals surface area contributed by atoms with Crippen LogP contribution in [0.25, 0.3) is 11.0 Å². The Kier molecular flexibility index (Phi) is 5.10. The molecule has 10 heteroatoms. The second-order valence-corrected chi connectivity index (χ2v) is 8.14. The maximum atomic E-state index is 14.5. The molecule has 0 saturated carbocycles. The molecule has 168 valence electrons. The first-order valence-corrected chi connectivity index (χ1v) is 9.86. The lowest BCUT2D eigenvalue weighted by Gasteiger charge is -2.18. The van der Waals surface area contributed by atoms with Gasteiger partial charge in [-0.3, -0.25) is 19.1 Å². The molecule has 4 rings (SSSR count). The van der Waals surface area contributed by atoms with E-state index in [-0.39, 0.29) is 29.0 Å².